The zero-order valence-corrected chi connectivity index (χ0v) is 17.5. The van der Waals surface area contributed by atoms with Crippen molar-refractivity contribution in [1.29, 1.82) is 0 Å². The van der Waals surface area contributed by atoms with Gasteiger partial charge in [-0.1, -0.05) is 23.2 Å². The fraction of sp³-hybridized carbons (Fsp3) is 0.105. The smallest absolute Gasteiger partial charge is 0.342 e. The van der Waals surface area contributed by atoms with E-state index >= 15 is 0 Å². The number of ether oxygens (including phenoxy) is 2. The molecule has 10 heteroatoms. The fourth-order valence-electron chi connectivity index (χ4n) is 2.36. The minimum atomic E-state index is -1.16. The van der Waals surface area contributed by atoms with Crippen LogP contribution in [-0.2, 0) is 4.79 Å². The topological polar surface area (TPSA) is 94.7 Å². The summed E-state index contributed by atoms with van der Waals surface area (Å²) in [6, 6.07) is 10.0. The van der Waals surface area contributed by atoms with Crippen molar-refractivity contribution in [2.45, 2.75) is 5.22 Å². The number of hydrogen-bond acceptors (Lipinski definition) is 7. The first-order valence-electron chi connectivity index (χ1n) is 8.05. The summed E-state index contributed by atoms with van der Waals surface area (Å²) < 4.78 is 16.0. The molecule has 0 aliphatic rings. The summed E-state index contributed by atoms with van der Waals surface area (Å²) in [4.78, 5) is 11.7. The monoisotopic (exact) mass is 452 g/mol. The highest BCUT2D eigenvalue weighted by atomic mass is 35.5. The number of aliphatic carboxylic acids is 1. The molecule has 29 heavy (non-hydrogen) atoms. The molecular weight excluding hydrogens is 439 g/mol. The highest BCUT2D eigenvalue weighted by Gasteiger charge is 2.17. The van der Waals surface area contributed by atoms with Crippen LogP contribution >= 0.6 is 35.0 Å². The number of aromatic nitrogens is 2. The van der Waals surface area contributed by atoms with E-state index in [1.807, 2.05) is 0 Å². The summed E-state index contributed by atoms with van der Waals surface area (Å²) in [6.07, 6.45) is 1.42. The minimum Gasteiger partial charge on any atom is -0.493 e. The first-order chi connectivity index (χ1) is 13.9. The van der Waals surface area contributed by atoms with Crippen LogP contribution in [0.1, 0.15) is 5.56 Å². The van der Waals surface area contributed by atoms with Crippen molar-refractivity contribution in [2.24, 2.45) is 0 Å². The summed E-state index contributed by atoms with van der Waals surface area (Å²) in [6.45, 7) is 0. The summed E-state index contributed by atoms with van der Waals surface area (Å²) in [5, 5.41) is 18.3. The third-order valence-corrected chi connectivity index (χ3v) is 5.04. The van der Waals surface area contributed by atoms with Gasteiger partial charge in [-0.25, -0.2) is 4.79 Å². The summed E-state index contributed by atoms with van der Waals surface area (Å²) in [7, 11) is 2.93. The van der Waals surface area contributed by atoms with Crippen LogP contribution < -0.4 is 9.47 Å². The lowest BCUT2D eigenvalue weighted by molar-refractivity contribution is -0.131. The SMILES string of the molecule is COc1cc(/C=C(\Sc2nnc(-c3ccc(Cl)cc3)o2)C(=O)O)cc(Cl)c1OC. The van der Waals surface area contributed by atoms with Crippen LogP contribution in [0, 0.1) is 0 Å². The molecule has 2 aromatic carbocycles. The van der Waals surface area contributed by atoms with E-state index in [0.29, 0.717) is 27.6 Å². The number of carbonyl (C=O) groups is 1. The lowest BCUT2D eigenvalue weighted by Gasteiger charge is -2.10. The fourth-order valence-corrected chi connectivity index (χ4v) is 3.46. The van der Waals surface area contributed by atoms with Crippen molar-refractivity contribution in [3.8, 4) is 23.0 Å². The van der Waals surface area contributed by atoms with Crippen LogP contribution in [0.15, 0.2) is 50.9 Å². The Morgan fingerprint density at radius 1 is 1.14 bits per heavy atom. The van der Waals surface area contributed by atoms with Crippen LogP contribution in [0.3, 0.4) is 0 Å². The molecule has 1 heterocycles. The molecule has 0 saturated carbocycles. The maximum atomic E-state index is 11.7. The van der Waals surface area contributed by atoms with Crippen molar-refractivity contribution >= 4 is 47.0 Å². The second kappa shape index (κ2) is 9.21. The van der Waals surface area contributed by atoms with Crippen LogP contribution in [0.2, 0.25) is 10.0 Å². The summed E-state index contributed by atoms with van der Waals surface area (Å²) >= 11 is 12.9. The van der Waals surface area contributed by atoms with Gasteiger partial charge in [0.1, 0.15) is 4.91 Å². The van der Waals surface area contributed by atoms with Crippen LogP contribution in [-0.4, -0.2) is 35.5 Å². The molecule has 0 aliphatic carbocycles. The van der Waals surface area contributed by atoms with Gasteiger partial charge >= 0.3 is 5.97 Å². The third-order valence-electron chi connectivity index (χ3n) is 3.66. The molecule has 3 aromatic rings. The molecule has 150 valence electrons. The molecule has 1 N–H and O–H groups in total. The van der Waals surface area contributed by atoms with E-state index in [9.17, 15) is 9.90 Å². The second-order valence-electron chi connectivity index (χ2n) is 5.53. The molecule has 0 aliphatic heterocycles. The molecule has 0 atom stereocenters. The molecule has 0 amide bonds. The van der Waals surface area contributed by atoms with E-state index in [1.54, 1.807) is 36.4 Å². The number of halogens is 2. The third kappa shape index (κ3) is 5.03. The van der Waals surface area contributed by atoms with Crippen LogP contribution in [0.25, 0.3) is 17.5 Å². The first kappa shape index (κ1) is 21.0. The molecule has 0 spiro atoms. The van der Waals surface area contributed by atoms with Gasteiger partial charge in [-0.3, -0.25) is 0 Å². The predicted octanol–water partition coefficient (Wildman–Crippen LogP) is 5.28. The maximum Gasteiger partial charge on any atom is 0.342 e. The van der Waals surface area contributed by atoms with E-state index in [4.69, 9.17) is 37.1 Å². The summed E-state index contributed by atoms with van der Waals surface area (Å²) in [5.74, 6) is -0.167. The predicted molar refractivity (Wildman–Crippen MR) is 111 cm³/mol. The number of benzene rings is 2. The molecule has 0 saturated heterocycles. The van der Waals surface area contributed by atoms with Crippen LogP contribution in [0.4, 0.5) is 0 Å². The number of carboxylic acids is 1. The molecule has 1 aromatic heterocycles. The van der Waals surface area contributed by atoms with E-state index in [1.165, 1.54) is 20.3 Å². The van der Waals surface area contributed by atoms with Crippen LogP contribution in [0.5, 0.6) is 11.5 Å². The second-order valence-corrected chi connectivity index (χ2v) is 7.37. The molecule has 0 radical (unpaired) electrons. The van der Waals surface area contributed by atoms with Gasteiger partial charge in [-0.15, -0.1) is 10.2 Å². The average molecular weight is 453 g/mol. The van der Waals surface area contributed by atoms with Crippen molar-refractivity contribution in [3.63, 3.8) is 0 Å². The zero-order valence-electron chi connectivity index (χ0n) is 15.2. The number of nitrogens with zero attached hydrogens (tertiary/aromatic N) is 2. The van der Waals surface area contributed by atoms with Crippen molar-refractivity contribution < 1.29 is 23.8 Å². The van der Waals surface area contributed by atoms with Gasteiger partial charge in [0.15, 0.2) is 11.5 Å². The Bertz CT molecular complexity index is 1070. The number of hydrogen-bond donors (Lipinski definition) is 1. The number of carboxylic acid groups (broad SMARTS) is 1. The van der Waals surface area contributed by atoms with Crippen molar-refractivity contribution in [3.05, 3.63) is 56.9 Å². The van der Waals surface area contributed by atoms with E-state index < -0.39 is 5.97 Å². The molecule has 3 rings (SSSR count). The van der Waals surface area contributed by atoms with Gasteiger partial charge in [-0.2, -0.15) is 0 Å². The quantitative estimate of drug-likeness (QED) is 0.382. The largest absolute Gasteiger partial charge is 0.493 e. The lowest BCUT2D eigenvalue weighted by Crippen LogP contribution is -1.97. The zero-order chi connectivity index (χ0) is 21.0. The van der Waals surface area contributed by atoms with E-state index in [0.717, 1.165) is 11.8 Å². The normalized spacial score (nSPS) is 11.4. The number of rotatable bonds is 7. The first-order valence-corrected chi connectivity index (χ1v) is 9.62. The molecule has 0 bridgehead atoms. The summed E-state index contributed by atoms with van der Waals surface area (Å²) in [5.41, 5.74) is 1.18. The average Bonchev–Trinajstić information content (AvgIpc) is 3.16. The van der Waals surface area contributed by atoms with Gasteiger partial charge in [0.25, 0.3) is 5.22 Å². The number of thioether (sulfide) groups is 1. The Morgan fingerprint density at radius 2 is 1.86 bits per heavy atom. The highest BCUT2D eigenvalue weighted by molar-refractivity contribution is 8.03. The van der Waals surface area contributed by atoms with Gasteiger partial charge in [0.05, 0.1) is 19.2 Å². The van der Waals surface area contributed by atoms with Gasteiger partial charge < -0.3 is 19.0 Å². The van der Waals surface area contributed by atoms with E-state index in [-0.39, 0.29) is 21.0 Å². The van der Waals surface area contributed by atoms with Gasteiger partial charge in [0, 0.05) is 10.6 Å². The standard InChI is InChI=1S/C19H14Cl2N2O5S/c1-26-14-8-10(7-13(21)16(14)27-2)9-15(18(24)25)29-19-23-22-17(28-19)11-3-5-12(20)6-4-11/h3-9H,1-2H3,(H,24,25)/b15-9-. The molecular formula is C19H14Cl2N2O5S. The Kier molecular flexibility index (Phi) is 6.68. The van der Waals surface area contributed by atoms with Crippen molar-refractivity contribution in [2.75, 3.05) is 14.2 Å². The Labute approximate surface area is 180 Å². The Hall–Kier alpha value is -2.68. The maximum absolute atomic E-state index is 11.7. The molecule has 0 unspecified atom stereocenters. The highest BCUT2D eigenvalue weighted by Crippen LogP contribution is 2.38. The lowest BCUT2D eigenvalue weighted by atomic mass is 10.2. The van der Waals surface area contributed by atoms with Gasteiger partial charge in [-0.05, 0) is 59.8 Å². The molecule has 7 nitrogen and oxygen atoms in total. The van der Waals surface area contributed by atoms with E-state index in [2.05, 4.69) is 10.2 Å². The minimum absolute atomic E-state index is 0.0420. The molecule has 0 fully saturated rings. The van der Waals surface area contributed by atoms with Crippen molar-refractivity contribution in [1.82, 2.24) is 10.2 Å². The number of methoxy groups -OCH3 is 2. The Morgan fingerprint density at radius 3 is 2.48 bits per heavy atom. The van der Waals surface area contributed by atoms with Gasteiger partial charge in [0.2, 0.25) is 5.89 Å². The Balaban J connectivity index is 1.89.